The lowest BCUT2D eigenvalue weighted by atomic mass is 10.0. The molecule has 1 aliphatic rings. The van der Waals surface area contributed by atoms with Crippen LogP contribution in [0.5, 0.6) is 0 Å². The number of thiophene rings is 1. The second-order valence-corrected chi connectivity index (χ2v) is 6.42. The fourth-order valence-corrected chi connectivity index (χ4v) is 3.69. The maximum Gasteiger partial charge on any atom is 0.0506 e. The number of hydrogen-bond acceptors (Lipinski definition) is 3. The number of hydrogen-bond donors (Lipinski definition) is 0. The van der Waals surface area contributed by atoms with Crippen molar-refractivity contribution in [2.24, 2.45) is 5.92 Å². The summed E-state index contributed by atoms with van der Waals surface area (Å²) in [6.45, 7) is 4.10. The van der Waals surface area contributed by atoms with Crippen molar-refractivity contribution in [3.8, 4) is 0 Å². The summed E-state index contributed by atoms with van der Waals surface area (Å²) >= 11 is 5.31. The van der Waals surface area contributed by atoms with Crippen LogP contribution in [0.25, 0.3) is 0 Å². The van der Waals surface area contributed by atoms with E-state index in [0.29, 0.717) is 0 Å². The molecule has 0 N–H and O–H groups in total. The van der Waals surface area contributed by atoms with Gasteiger partial charge in [-0.25, -0.2) is 0 Å². The summed E-state index contributed by atoms with van der Waals surface area (Å²) < 4.78 is 6.70. The molecule has 1 aromatic rings. The summed E-state index contributed by atoms with van der Waals surface area (Å²) in [7, 11) is 2.20. The third kappa shape index (κ3) is 3.84. The number of nitrogens with zero attached hydrogens (tertiary/aromatic N) is 1. The van der Waals surface area contributed by atoms with Crippen molar-refractivity contribution in [2.75, 3.05) is 26.8 Å². The molecule has 0 aromatic carbocycles. The minimum Gasteiger partial charge on any atom is -0.381 e. The van der Waals surface area contributed by atoms with E-state index < -0.39 is 0 Å². The Bertz CT molecular complexity index is 323. The third-order valence-corrected chi connectivity index (χ3v) is 4.55. The van der Waals surface area contributed by atoms with Crippen molar-refractivity contribution in [3.63, 3.8) is 0 Å². The molecule has 0 amide bonds. The summed E-state index contributed by atoms with van der Waals surface area (Å²) in [5.74, 6) is 0.724. The largest absolute Gasteiger partial charge is 0.381 e. The highest BCUT2D eigenvalue weighted by atomic mass is 79.9. The van der Waals surface area contributed by atoms with E-state index in [0.717, 1.165) is 32.2 Å². The Kier molecular flexibility index (Phi) is 4.82. The van der Waals surface area contributed by atoms with Crippen LogP contribution in [0.1, 0.15) is 17.7 Å². The second-order valence-electron chi connectivity index (χ2n) is 4.51. The van der Waals surface area contributed by atoms with E-state index in [2.05, 4.69) is 39.3 Å². The third-order valence-electron chi connectivity index (χ3n) is 2.87. The van der Waals surface area contributed by atoms with Gasteiger partial charge < -0.3 is 9.64 Å². The van der Waals surface area contributed by atoms with E-state index in [4.69, 9.17) is 4.74 Å². The molecular formula is C12H18BrNOS. The van der Waals surface area contributed by atoms with Crippen LogP contribution in [0.2, 0.25) is 0 Å². The van der Waals surface area contributed by atoms with Gasteiger partial charge in [-0.2, -0.15) is 0 Å². The first kappa shape index (κ1) is 12.6. The number of rotatable bonds is 4. The molecule has 4 heteroatoms. The molecule has 2 nitrogen and oxygen atoms in total. The van der Waals surface area contributed by atoms with Crippen molar-refractivity contribution >= 4 is 27.3 Å². The average Bonchev–Trinajstić information content (AvgIpc) is 2.65. The topological polar surface area (TPSA) is 12.5 Å². The van der Waals surface area contributed by atoms with Gasteiger partial charge in [-0.1, -0.05) is 0 Å². The van der Waals surface area contributed by atoms with Gasteiger partial charge in [-0.3, -0.25) is 0 Å². The van der Waals surface area contributed by atoms with E-state index in [1.54, 1.807) is 0 Å². The highest BCUT2D eigenvalue weighted by molar-refractivity contribution is 9.10. The highest BCUT2D eigenvalue weighted by Crippen LogP contribution is 2.22. The Morgan fingerprint density at radius 2 is 2.50 bits per heavy atom. The van der Waals surface area contributed by atoms with Gasteiger partial charge in [-0.15, -0.1) is 11.3 Å². The van der Waals surface area contributed by atoms with Crippen LogP contribution in [0.15, 0.2) is 15.9 Å². The zero-order chi connectivity index (χ0) is 11.4. The summed E-state index contributed by atoms with van der Waals surface area (Å²) in [6, 6.07) is 2.21. The van der Waals surface area contributed by atoms with E-state index in [1.165, 1.54) is 22.2 Å². The van der Waals surface area contributed by atoms with Gasteiger partial charge in [0.2, 0.25) is 0 Å². The maximum absolute atomic E-state index is 5.51. The van der Waals surface area contributed by atoms with Gasteiger partial charge in [0, 0.05) is 34.4 Å². The molecule has 1 aliphatic heterocycles. The lowest BCUT2D eigenvalue weighted by molar-refractivity contribution is 0.0413. The Hall–Kier alpha value is 0.1000. The Labute approximate surface area is 110 Å². The normalized spacial score (nSPS) is 21.6. The van der Waals surface area contributed by atoms with E-state index in [-0.39, 0.29) is 0 Å². The van der Waals surface area contributed by atoms with E-state index in [1.807, 2.05) is 11.3 Å². The van der Waals surface area contributed by atoms with Gasteiger partial charge in [0.15, 0.2) is 0 Å². The lowest BCUT2D eigenvalue weighted by Gasteiger charge is -2.26. The first-order valence-corrected chi connectivity index (χ1v) is 7.40. The summed E-state index contributed by atoms with van der Waals surface area (Å²) in [4.78, 5) is 3.82. The Morgan fingerprint density at radius 1 is 1.62 bits per heavy atom. The van der Waals surface area contributed by atoms with Crippen LogP contribution in [0, 0.1) is 5.92 Å². The highest BCUT2D eigenvalue weighted by Gasteiger charge is 2.16. The lowest BCUT2D eigenvalue weighted by Crippen LogP contribution is -2.30. The molecule has 2 heterocycles. The minimum absolute atomic E-state index is 0.724. The fraction of sp³-hybridized carbons (Fsp3) is 0.667. The van der Waals surface area contributed by atoms with Crippen LogP contribution >= 0.6 is 27.3 Å². The van der Waals surface area contributed by atoms with Crippen molar-refractivity contribution in [3.05, 3.63) is 20.8 Å². The molecule has 1 saturated heterocycles. The predicted octanol–water partition coefficient (Wildman–Crippen LogP) is 3.37. The van der Waals surface area contributed by atoms with E-state index >= 15 is 0 Å². The van der Waals surface area contributed by atoms with Crippen molar-refractivity contribution in [1.29, 1.82) is 0 Å². The standard InChI is InChI=1S/C12H18BrNOS/c1-14(6-10-3-2-4-15-8-10)7-12-5-11(13)9-16-12/h5,9-10H,2-4,6-8H2,1H3/t10-/m0/s1. The van der Waals surface area contributed by atoms with Gasteiger partial charge in [0.25, 0.3) is 0 Å². The SMILES string of the molecule is CN(Cc1cc(Br)cs1)C[C@@H]1CCCOC1. The summed E-state index contributed by atoms with van der Waals surface area (Å²) in [5.41, 5.74) is 0. The summed E-state index contributed by atoms with van der Waals surface area (Å²) in [6.07, 6.45) is 2.54. The van der Waals surface area contributed by atoms with Gasteiger partial charge in [-0.05, 0) is 47.8 Å². The average molecular weight is 304 g/mol. The number of ether oxygens (including phenoxy) is 1. The maximum atomic E-state index is 5.51. The van der Waals surface area contributed by atoms with Crippen molar-refractivity contribution < 1.29 is 4.74 Å². The molecule has 2 rings (SSSR count). The molecule has 0 spiro atoms. The van der Waals surface area contributed by atoms with E-state index in [9.17, 15) is 0 Å². The first-order valence-electron chi connectivity index (χ1n) is 5.73. The predicted molar refractivity (Wildman–Crippen MR) is 71.9 cm³/mol. The molecule has 1 atom stereocenters. The molecule has 0 unspecified atom stereocenters. The monoisotopic (exact) mass is 303 g/mol. The number of halogens is 1. The van der Waals surface area contributed by atoms with Crippen LogP contribution in [-0.4, -0.2) is 31.7 Å². The van der Waals surface area contributed by atoms with Crippen LogP contribution in [0.4, 0.5) is 0 Å². The quantitative estimate of drug-likeness (QED) is 0.845. The van der Waals surface area contributed by atoms with Gasteiger partial charge >= 0.3 is 0 Å². The van der Waals surface area contributed by atoms with Crippen LogP contribution in [0.3, 0.4) is 0 Å². The molecule has 0 bridgehead atoms. The van der Waals surface area contributed by atoms with Crippen molar-refractivity contribution in [2.45, 2.75) is 19.4 Å². The van der Waals surface area contributed by atoms with Gasteiger partial charge in [0.1, 0.15) is 0 Å². The molecular weight excluding hydrogens is 286 g/mol. The Morgan fingerprint density at radius 3 is 3.12 bits per heavy atom. The van der Waals surface area contributed by atoms with Gasteiger partial charge in [0.05, 0.1) is 6.61 Å². The zero-order valence-corrected chi connectivity index (χ0v) is 12.0. The zero-order valence-electron chi connectivity index (χ0n) is 9.62. The molecule has 0 radical (unpaired) electrons. The fourth-order valence-electron chi connectivity index (χ4n) is 2.16. The molecule has 0 aliphatic carbocycles. The smallest absolute Gasteiger partial charge is 0.0506 e. The Balaban J connectivity index is 1.77. The molecule has 90 valence electrons. The minimum atomic E-state index is 0.724. The van der Waals surface area contributed by atoms with Crippen molar-refractivity contribution in [1.82, 2.24) is 4.90 Å². The summed E-state index contributed by atoms with van der Waals surface area (Å²) in [5, 5.41) is 2.15. The molecule has 1 aromatic heterocycles. The first-order chi connectivity index (χ1) is 7.74. The molecule has 16 heavy (non-hydrogen) atoms. The molecule has 1 fully saturated rings. The molecule has 0 saturated carbocycles. The second kappa shape index (κ2) is 6.15. The van der Waals surface area contributed by atoms with Crippen LogP contribution in [-0.2, 0) is 11.3 Å². The van der Waals surface area contributed by atoms with Crippen LogP contribution < -0.4 is 0 Å².